The Kier molecular flexibility index (Phi) is 4.15. The summed E-state index contributed by atoms with van der Waals surface area (Å²) >= 11 is 0. The maximum atomic E-state index is 11.6. The normalized spacial score (nSPS) is 24.8. The molecule has 0 bridgehead atoms. The van der Waals surface area contributed by atoms with Crippen molar-refractivity contribution in [2.45, 2.75) is 39.3 Å². The summed E-state index contributed by atoms with van der Waals surface area (Å²) in [5.41, 5.74) is 0. The summed E-state index contributed by atoms with van der Waals surface area (Å²) in [6.07, 6.45) is 1.03. The molecule has 3 unspecified atom stereocenters. The molecule has 0 radical (unpaired) electrons. The van der Waals surface area contributed by atoms with Crippen molar-refractivity contribution < 1.29 is 9.59 Å². The molecule has 5 heteroatoms. The number of carbonyl (C=O) groups excluding carboxylic acids is 2. The van der Waals surface area contributed by atoms with Crippen LogP contribution in [0.4, 0.5) is 4.79 Å². The van der Waals surface area contributed by atoms with Gasteiger partial charge in [0.15, 0.2) is 0 Å². The van der Waals surface area contributed by atoms with Crippen LogP contribution >= 0.6 is 0 Å². The lowest BCUT2D eigenvalue weighted by atomic mass is 10.0. The highest BCUT2D eigenvalue weighted by Gasteiger charge is 2.34. The Hall–Kier alpha value is -1.26. The van der Waals surface area contributed by atoms with Gasteiger partial charge in [-0.15, -0.1) is 0 Å². The zero-order valence-electron chi connectivity index (χ0n) is 10.3. The molecule has 0 heterocycles. The molecule has 1 fully saturated rings. The zero-order valence-corrected chi connectivity index (χ0v) is 10.3. The molecule has 0 aromatic carbocycles. The lowest BCUT2D eigenvalue weighted by Gasteiger charge is -2.20. The molecule has 0 spiro atoms. The predicted octanol–water partition coefficient (Wildman–Crippen LogP) is 0.465. The molecule has 16 heavy (non-hydrogen) atoms. The van der Waals surface area contributed by atoms with Gasteiger partial charge in [0, 0.05) is 13.1 Å². The fourth-order valence-corrected chi connectivity index (χ4v) is 1.56. The van der Waals surface area contributed by atoms with Gasteiger partial charge in [0.05, 0.1) is 0 Å². The maximum absolute atomic E-state index is 11.6. The van der Waals surface area contributed by atoms with Gasteiger partial charge in [-0.25, -0.2) is 4.79 Å². The Morgan fingerprint density at radius 1 is 1.31 bits per heavy atom. The fraction of sp³-hybridized carbons (Fsp3) is 0.818. The van der Waals surface area contributed by atoms with Gasteiger partial charge in [-0.1, -0.05) is 20.8 Å². The van der Waals surface area contributed by atoms with Crippen LogP contribution in [0.5, 0.6) is 0 Å². The minimum atomic E-state index is -0.473. The molecule has 0 saturated heterocycles. The molecule has 1 saturated carbocycles. The van der Waals surface area contributed by atoms with Crippen LogP contribution in [-0.2, 0) is 4.79 Å². The minimum absolute atomic E-state index is 0.0716. The second kappa shape index (κ2) is 5.18. The summed E-state index contributed by atoms with van der Waals surface area (Å²) in [6, 6.07) is -0.451. The van der Waals surface area contributed by atoms with Crippen molar-refractivity contribution in [1.29, 1.82) is 0 Å². The Morgan fingerprint density at radius 2 is 1.88 bits per heavy atom. The van der Waals surface area contributed by atoms with Crippen LogP contribution < -0.4 is 16.0 Å². The minimum Gasteiger partial charge on any atom is -0.357 e. The molecule has 3 N–H and O–H groups in total. The molecular formula is C11H21N3O2. The average molecular weight is 227 g/mol. The maximum Gasteiger partial charge on any atom is 0.315 e. The SMILES string of the molecule is CNC(=O)C(NC(=O)NC1CC1C)C(C)C. The molecule has 3 atom stereocenters. The first kappa shape index (κ1) is 12.8. The molecule has 1 aliphatic carbocycles. The van der Waals surface area contributed by atoms with Crippen molar-refractivity contribution in [1.82, 2.24) is 16.0 Å². The molecule has 0 aliphatic heterocycles. The van der Waals surface area contributed by atoms with E-state index < -0.39 is 6.04 Å². The van der Waals surface area contributed by atoms with Crippen LogP contribution in [0.25, 0.3) is 0 Å². The van der Waals surface area contributed by atoms with Gasteiger partial charge in [0.25, 0.3) is 0 Å². The second-order valence-corrected chi connectivity index (χ2v) is 4.77. The van der Waals surface area contributed by atoms with E-state index in [4.69, 9.17) is 0 Å². The Balaban J connectivity index is 2.41. The largest absolute Gasteiger partial charge is 0.357 e. The van der Waals surface area contributed by atoms with Crippen molar-refractivity contribution in [2.24, 2.45) is 11.8 Å². The monoisotopic (exact) mass is 227 g/mol. The zero-order chi connectivity index (χ0) is 12.3. The van der Waals surface area contributed by atoms with Crippen molar-refractivity contribution in [2.75, 3.05) is 7.05 Å². The van der Waals surface area contributed by atoms with Crippen LogP contribution in [-0.4, -0.2) is 31.1 Å². The third kappa shape index (κ3) is 3.40. The van der Waals surface area contributed by atoms with Gasteiger partial charge in [0.2, 0.25) is 5.91 Å². The number of amides is 3. The third-order valence-corrected chi connectivity index (χ3v) is 2.91. The first-order valence-corrected chi connectivity index (χ1v) is 5.74. The molecule has 92 valence electrons. The van der Waals surface area contributed by atoms with E-state index in [1.165, 1.54) is 0 Å². The van der Waals surface area contributed by atoms with Crippen molar-refractivity contribution in [3.8, 4) is 0 Å². The summed E-state index contributed by atoms with van der Waals surface area (Å²) in [5.74, 6) is 0.472. The summed E-state index contributed by atoms with van der Waals surface area (Å²) in [4.78, 5) is 23.1. The van der Waals surface area contributed by atoms with Gasteiger partial charge in [-0.2, -0.15) is 0 Å². The molecule has 5 nitrogen and oxygen atoms in total. The smallest absolute Gasteiger partial charge is 0.315 e. The van der Waals surface area contributed by atoms with E-state index in [9.17, 15) is 9.59 Å². The molecule has 3 amide bonds. The van der Waals surface area contributed by atoms with E-state index in [1.54, 1.807) is 7.05 Å². The summed E-state index contributed by atoms with van der Waals surface area (Å²) < 4.78 is 0. The first-order chi connectivity index (χ1) is 7.45. The summed E-state index contributed by atoms with van der Waals surface area (Å²) in [7, 11) is 1.57. The highest BCUT2D eigenvalue weighted by atomic mass is 16.2. The van der Waals surface area contributed by atoms with Crippen LogP contribution in [0.3, 0.4) is 0 Å². The first-order valence-electron chi connectivity index (χ1n) is 5.74. The summed E-state index contributed by atoms with van der Waals surface area (Å²) in [5, 5.41) is 8.08. The number of urea groups is 1. The average Bonchev–Trinajstić information content (AvgIpc) is 2.89. The van der Waals surface area contributed by atoms with E-state index in [2.05, 4.69) is 22.9 Å². The molecule has 0 aromatic heterocycles. The second-order valence-electron chi connectivity index (χ2n) is 4.77. The number of carbonyl (C=O) groups is 2. The Bertz CT molecular complexity index is 278. The van der Waals surface area contributed by atoms with Crippen LogP contribution in [0.15, 0.2) is 0 Å². The topological polar surface area (TPSA) is 70.2 Å². The summed E-state index contributed by atoms with van der Waals surface area (Å²) in [6.45, 7) is 5.89. The highest BCUT2D eigenvalue weighted by Crippen LogP contribution is 2.28. The lowest BCUT2D eigenvalue weighted by Crippen LogP contribution is -2.52. The Labute approximate surface area is 96.4 Å². The van der Waals surface area contributed by atoms with Crippen molar-refractivity contribution in [3.05, 3.63) is 0 Å². The van der Waals surface area contributed by atoms with Crippen LogP contribution in [0, 0.1) is 11.8 Å². The molecule has 1 rings (SSSR count). The van der Waals surface area contributed by atoms with Crippen LogP contribution in [0.2, 0.25) is 0 Å². The molecule has 1 aliphatic rings. The van der Waals surface area contributed by atoms with Gasteiger partial charge in [-0.3, -0.25) is 4.79 Å². The predicted molar refractivity (Wildman–Crippen MR) is 61.9 cm³/mol. The third-order valence-electron chi connectivity index (χ3n) is 2.91. The Morgan fingerprint density at radius 3 is 2.25 bits per heavy atom. The highest BCUT2D eigenvalue weighted by molar-refractivity contribution is 5.87. The quantitative estimate of drug-likeness (QED) is 0.653. The van der Waals surface area contributed by atoms with Gasteiger partial charge in [0.1, 0.15) is 6.04 Å². The van der Waals surface area contributed by atoms with Gasteiger partial charge < -0.3 is 16.0 Å². The van der Waals surface area contributed by atoms with E-state index in [1.807, 2.05) is 13.8 Å². The number of nitrogens with one attached hydrogen (secondary N) is 3. The van der Waals surface area contributed by atoms with E-state index in [0.29, 0.717) is 5.92 Å². The van der Waals surface area contributed by atoms with Crippen molar-refractivity contribution >= 4 is 11.9 Å². The number of hydrogen-bond acceptors (Lipinski definition) is 2. The van der Waals surface area contributed by atoms with E-state index in [-0.39, 0.29) is 23.9 Å². The molecular weight excluding hydrogens is 206 g/mol. The number of rotatable bonds is 4. The van der Waals surface area contributed by atoms with Crippen LogP contribution in [0.1, 0.15) is 27.2 Å². The number of likely N-dealkylation sites (N-methyl/N-ethyl adjacent to an activating group) is 1. The van der Waals surface area contributed by atoms with Crippen molar-refractivity contribution in [3.63, 3.8) is 0 Å². The van der Waals surface area contributed by atoms with E-state index >= 15 is 0 Å². The van der Waals surface area contributed by atoms with E-state index in [0.717, 1.165) is 6.42 Å². The number of hydrogen-bond donors (Lipinski definition) is 3. The molecule has 0 aromatic rings. The van der Waals surface area contributed by atoms with Gasteiger partial charge >= 0.3 is 6.03 Å². The lowest BCUT2D eigenvalue weighted by molar-refractivity contribution is -0.123. The van der Waals surface area contributed by atoms with Gasteiger partial charge in [-0.05, 0) is 18.3 Å². The fourth-order valence-electron chi connectivity index (χ4n) is 1.56. The standard InChI is InChI=1S/C11H21N3O2/c1-6(2)9(10(15)12-4)14-11(16)13-8-5-7(8)3/h6-9H,5H2,1-4H3,(H,12,15)(H2,13,14,16).